The SMILES string of the molecule is Cc1ccccc1NC(=O)COc1ccc(C2c3sc(=O)[nH]c3SC3C(=O)N(c4ccc(Br)cc4)C(=O)C32)cc1. The molecule has 3 aromatic carbocycles. The third-order valence-corrected chi connectivity index (χ3v) is 9.87. The van der Waals surface area contributed by atoms with E-state index >= 15 is 0 Å². The van der Waals surface area contributed by atoms with Crippen molar-refractivity contribution in [3.8, 4) is 5.75 Å². The first-order chi connectivity index (χ1) is 19.3. The van der Waals surface area contributed by atoms with E-state index in [0.717, 1.165) is 37.5 Å². The molecule has 0 saturated carbocycles. The minimum absolute atomic E-state index is 0.169. The number of nitrogens with zero attached hydrogens (tertiary/aromatic N) is 1. The molecule has 3 atom stereocenters. The van der Waals surface area contributed by atoms with E-state index in [1.54, 1.807) is 36.4 Å². The van der Waals surface area contributed by atoms with Crippen LogP contribution in [0.5, 0.6) is 5.75 Å². The molecule has 2 aliphatic heterocycles. The van der Waals surface area contributed by atoms with E-state index in [9.17, 15) is 19.2 Å². The van der Waals surface area contributed by atoms with Crippen molar-refractivity contribution in [1.82, 2.24) is 4.98 Å². The molecule has 6 rings (SSSR count). The molecule has 202 valence electrons. The highest BCUT2D eigenvalue weighted by Gasteiger charge is 2.56. The van der Waals surface area contributed by atoms with Gasteiger partial charge in [0, 0.05) is 21.0 Å². The minimum Gasteiger partial charge on any atom is -0.484 e. The summed E-state index contributed by atoms with van der Waals surface area (Å²) < 4.78 is 6.54. The Kier molecular flexibility index (Phi) is 7.11. The van der Waals surface area contributed by atoms with Crippen LogP contribution < -0.4 is 19.8 Å². The average molecular weight is 637 g/mol. The van der Waals surface area contributed by atoms with Crippen LogP contribution in [0.3, 0.4) is 0 Å². The number of fused-ring (bicyclic) bond motifs is 2. The van der Waals surface area contributed by atoms with Gasteiger partial charge in [0.25, 0.3) is 5.91 Å². The summed E-state index contributed by atoms with van der Waals surface area (Å²) in [5.41, 5.74) is 2.97. The van der Waals surface area contributed by atoms with Gasteiger partial charge < -0.3 is 15.0 Å². The van der Waals surface area contributed by atoms with Gasteiger partial charge in [-0.25, -0.2) is 4.90 Å². The first-order valence-electron chi connectivity index (χ1n) is 12.4. The Bertz CT molecular complexity index is 1680. The van der Waals surface area contributed by atoms with Gasteiger partial charge in [-0.05, 0) is 60.5 Å². The highest BCUT2D eigenvalue weighted by molar-refractivity contribution is 9.10. The van der Waals surface area contributed by atoms with Gasteiger partial charge in [0.2, 0.25) is 11.8 Å². The summed E-state index contributed by atoms with van der Waals surface area (Å²) in [5.74, 6) is -1.56. The number of benzene rings is 3. The van der Waals surface area contributed by atoms with Crippen molar-refractivity contribution in [2.24, 2.45) is 5.92 Å². The molecule has 2 N–H and O–H groups in total. The predicted molar refractivity (Wildman–Crippen MR) is 158 cm³/mol. The van der Waals surface area contributed by atoms with Crippen LogP contribution in [0, 0.1) is 12.8 Å². The number of imide groups is 1. The number of hydrogen-bond acceptors (Lipinski definition) is 7. The number of H-pyrrole nitrogens is 1. The number of carbonyl (C=O) groups excluding carboxylic acids is 3. The average Bonchev–Trinajstić information content (AvgIpc) is 3.44. The molecule has 1 fully saturated rings. The lowest BCUT2D eigenvalue weighted by Crippen LogP contribution is -2.32. The zero-order valence-electron chi connectivity index (χ0n) is 21.1. The van der Waals surface area contributed by atoms with E-state index in [1.165, 1.54) is 16.7 Å². The smallest absolute Gasteiger partial charge is 0.305 e. The molecular weight excluding hydrogens is 614 g/mol. The predicted octanol–water partition coefficient (Wildman–Crippen LogP) is 5.32. The van der Waals surface area contributed by atoms with Gasteiger partial charge in [0.15, 0.2) is 6.61 Å². The lowest BCUT2D eigenvalue weighted by atomic mass is 9.83. The second-order valence-corrected chi connectivity index (χ2v) is 12.5. The normalized spacial score (nSPS) is 19.8. The van der Waals surface area contributed by atoms with E-state index in [4.69, 9.17) is 4.74 Å². The second kappa shape index (κ2) is 10.7. The third kappa shape index (κ3) is 4.89. The Hall–Kier alpha value is -3.67. The summed E-state index contributed by atoms with van der Waals surface area (Å²) >= 11 is 5.69. The highest BCUT2D eigenvalue weighted by Crippen LogP contribution is 2.53. The maximum atomic E-state index is 13.8. The van der Waals surface area contributed by atoms with Gasteiger partial charge in [-0.1, -0.05) is 69.4 Å². The number of rotatable bonds is 6. The summed E-state index contributed by atoms with van der Waals surface area (Å²) in [7, 11) is 0. The van der Waals surface area contributed by atoms with Crippen LogP contribution in [0.2, 0.25) is 0 Å². The number of thioether (sulfide) groups is 1. The number of nitrogens with one attached hydrogen (secondary N) is 2. The van der Waals surface area contributed by atoms with Crippen molar-refractivity contribution in [2.45, 2.75) is 23.1 Å². The molecule has 3 amide bonds. The number of carbonyl (C=O) groups is 3. The van der Waals surface area contributed by atoms with Crippen molar-refractivity contribution in [2.75, 3.05) is 16.8 Å². The lowest BCUT2D eigenvalue weighted by molar-refractivity contribution is -0.122. The number of thiazole rings is 1. The monoisotopic (exact) mass is 635 g/mol. The summed E-state index contributed by atoms with van der Waals surface area (Å²) in [5, 5.41) is 2.79. The van der Waals surface area contributed by atoms with E-state index in [-0.39, 0.29) is 29.2 Å². The first-order valence-corrected chi connectivity index (χ1v) is 14.9. The van der Waals surface area contributed by atoms with Gasteiger partial charge in [0.1, 0.15) is 11.0 Å². The molecule has 40 heavy (non-hydrogen) atoms. The second-order valence-electron chi connectivity index (χ2n) is 9.46. The molecule has 0 bridgehead atoms. The molecule has 3 heterocycles. The molecule has 11 heteroatoms. The standard InChI is InChI=1S/C29H22BrN3O5S2/c1-15-4-2-3-5-20(15)31-21(34)14-38-19-12-6-16(7-13-19)22-23-25(39-26-24(22)40-29(37)32-26)28(36)33(27(23)35)18-10-8-17(30)9-11-18/h2-13,22-23,25H,14H2,1H3,(H,31,34)(H,32,37). The van der Waals surface area contributed by atoms with E-state index in [0.29, 0.717) is 16.5 Å². The van der Waals surface area contributed by atoms with Crippen LogP contribution in [0.15, 0.2) is 87.1 Å². The Morgan fingerprint density at radius 1 is 1.00 bits per heavy atom. The van der Waals surface area contributed by atoms with Crippen LogP contribution in [0.1, 0.15) is 21.9 Å². The zero-order chi connectivity index (χ0) is 28.0. The molecule has 0 spiro atoms. The maximum absolute atomic E-state index is 13.8. The van der Waals surface area contributed by atoms with Crippen LogP contribution in [0.25, 0.3) is 0 Å². The molecule has 8 nitrogen and oxygen atoms in total. The van der Waals surface area contributed by atoms with Crippen molar-refractivity contribution in [3.63, 3.8) is 0 Å². The summed E-state index contributed by atoms with van der Waals surface area (Å²) in [6.07, 6.45) is 0. The summed E-state index contributed by atoms with van der Waals surface area (Å²) in [6.45, 7) is 1.74. The minimum atomic E-state index is -0.674. The Balaban J connectivity index is 1.25. The van der Waals surface area contributed by atoms with Gasteiger partial charge in [-0.3, -0.25) is 19.2 Å². The summed E-state index contributed by atoms with van der Waals surface area (Å²) in [6, 6.07) is 21.6. The van der Waals surface area contributed by atoms with Gasteiger partial charge in [-0.2, -0.15) is 0 Å². The number of aryl methyl sites for hydroxylation is 1. The fraction of sp³-hybridized carbons (Fsp3) is 0.172. The topological polar surface area (TPSA) is 109 Å². The van der Waals surface area contributed by atoms with E-state index in [1.807, 2.05) is 43.3 Å². The highest BCUT2D eigenvalue weighted by atomic mass is 79.9. The fourth-order valence-corrected chi connectivity index (χ4v) is 7.82. The molecule has 3 unspecified atom stereocenters. The Morgan fingerprint density at radius 2 is 1.73 bits per heavy atom. The largest absolute Gasteiger partial charge is 0.484 e. The lowest BCUT2D eigenvalue weighted by Gasteiger charge is -2.29. The van der Waals surface area contributed by atoms with Crippen molar-refractivity contribution < 1.29 is 19.1 Å². The Labute approximate surface area is 245 Å². The molecular formula is C29H22BrN3O5S2. The molecule has 2 aliphatic rings. The molecule has 0 radical (unpaired) electrons. The van der Waals surface area contributed by atoms with Gasteiger partial charge >= 0.3 is 4.87 Å². The van der Waals surface area contributed by atoms with E-state index < -0.39 is 17.1 Å². The number of para-hydroxylation sites is 1. The number of aromatic nitrogens is 1. The molecule has 0 aliphatic carbocycles. The van der Waals surface area contributed by atoms with Crippen molar-refractivity contribution in [3.05, 3.63) is 103 Å². The zero-order valence-corrected chi connectivity index (χ0v) is 24.3. The number of ether oxygens (including phenoxy) is 1. The first kappa shape index (κ1) is 26.5. The number of hydrogen-bond donors (Lipinski definition) is 2. The number of halogens is 1. The quantitative estimate of drug-likeness (QED) is 0.278. The molecule has 1 saturated heterocycles. The van der Waals surface area contributed by atoms with E-state index in [2.05, 4.69) is 26.2 Å². The van der Waals surface area contributed by atoms with Gasteiger partial charge in [-0.15, -0.1) is 0 Å². The maximum Gasteiger partial charge on any atom is 0.305 e. The van der Waals surface area contributed by atoms with Crippen LogP contribution in [0.4, 0.5) is 11.4 Å². The van der Waals surface area contributed by atoms with Crippen molar-refractivity contribution >= 4 is 68.1 Å². The number of anilines is 2. The molecule has 4 aromatic rings. The van der Waals surface area contributed by atoms with Crippen molar-refractivity contribution in [1.29, 1.82) is 0 Å². The third-order valence-electron chi connectivity index (χ3n) is 6.94. The van der Waals surface area contributed by atoms with Crippen LogP contribution in [-0.2, 0) is 14.4 Å². The van der Waals surface area contributed by atoms with Gasteiger partial charge in [0.05, 0.1) is 16.6 Å². The van der Waals surface area contributed by atoms with Crippen LogP contribution in [-0.4, -0.2) is 34.6 Å². The number of amides is 3. The van der Waals surface area contributed by atoms with Crippen LogP contribution >= 0.6 is 39.0 Å². The molecule has 1 aromatic heterocycles. The number of aromatic amines is 1. The Morgan fingerprint density at radius 3 is 2.45 bits per heavy atom. The summed E-state index contributed by atoms with van der Waals surface area (Å²) in [4.78, 5) is 56.6. The fourth-order valence-electron chi connectivity index (χ4n) is 5.04.